The zero-order chi connectivity index (χ0) is 14.1. The molecule has 0 radical (unpaired) electrons. The first-order chi connectivity index (χ1) is 9.17. The summed E-state index contributed by atoms with van der Waals surface area (Å²) < 4.78 is 10.1. The molecule has 19 heavy (non-hydrogen) atoms. The quantitative estimate of drug-likeness (QED) is 0.549. The average Bonchev–Trinajstić information content (AvgIpc) is 2.41. The molecule has 0 aromatic carbocycles. The number of nitrogens with one attached hydrogen (secondary N) is 1. The summed E-state index contributed by atoms with van der Waals surface area (Å²) in [5.74, 6) is 2.46. The van der Waals surface area contributed by atoms with E-state index < -0.39 is 6.04 Å². The molecule has 1 aromatic rings. The number of carbonyl (C=O) groups excluding carboxylic acids is 1. The van der Waals surface area contributed by atoms with Gasteiger partial charge in [-0.3, -0.25) is 4.79 Å². The van der Waals surface area contributed by atoms with Gasteiger partial charge in [-0.15, -0.1) is 12.3 Å². The smallest absolute Gasteiger partial charge is 0.242 e. The second-order valence-corrected chi connectivity index (χ2v) is 3.73. The molecule has 3 N–H and O–H groups in total. The summed E-state index contributed by atoms with van der Waals surface area (Å²) in [6.45, 7) is 0.906. The number of terminal acetylenes is 1. The summed E-state index contributed by atoms with van der Waals surface area (Å²) in [7, 11) is 1.59. The summed E-state index contributed by atoms with van der Waals surface area (Å²) in [4.78, 5) is 15.6. The Labute approximate surface area is 112 Å². The summed E-state index contributed by atoms with van der Waals surface area (Å²) in [6.07, 6.45) is 6.77. The summed E-state index contributed by atoms with van der Waals surface area (Å²) in [6, 6.07) is 2.61. The Morgan fingerprint density at radius 1 is 1.58 bits per heavy atom. The van der Waals surface area contributed by atoms with E-state index in [-0.39, 0.29) is 12.3 Å². The number of hydrogen-bond acceptors (Lipinski definition) is 5. The van der Waals surface area contributed by atoms with Gasteiger partial charge in [0.15, 0.2) is 0 Å². The van der Waals surface area contributed by atoms with E-state index in [9.17, 15) is 4.79 Å². The number of methoxy groups -OCH3 is 1. The van der Waals surface area contributed by atoms with Gasteiger partial charge in [0.25, 0.3) is 0 Å². The van der Waals surface area contributed by atoms with Gasteiger partial charge in [-0.2, -0.15) is 0 Å². The van der Waals surface area contributed by atoms with Gasteiger partial charge in [0.1, 0.15) is 6.61 Å². The minimum Gasteiger partial charge on any atom is -0.475 e. The van der Waals surface area contributed by atoms with Gasteiger partial charge >= 0.3 is 0 Å². The monoisotopic (exact) mass is 263 g/mol. The first kappa shape index (κ1) is 15.0. The summed E-state index contributed by atoms with van der Waals surface area (Å²) in [5, 5.41) is 2.62. The number of ether oxygens (including phenoxy) is 2. The van der Waals surface area contributed by atoms with E-state index in [1.165, 1.54) is 6.20 Å². The maximum absolute atomic E-state index is 11.6. The van der Waals surface area contributed by atoms with Crippen molar-refractivity contribution in [3.8, 4) is 18.2 Å². The molecule has 1 atom stereocenters. The SMILES string of the molecule is C#CCC(N)C(=O)Nc1ccc(OCCOC)nc1. The molecule has 1 aromatic heterocycles. The van der Waals surface area contributed by atoms with E-state index in [1.54, 1.807) is 19.2 Å². The van der Waals surface area contributed by atoms with Crippen LogP contribution in [0.4, 0.5) is 5.69 Å². The average molecular weight is 263 g/mol. The molecule has 1 heterocycles. The minimum atomic E-state index is -0.720. The van der Waals surface area contributed by atoms with Gasteiger partial charge in [0.05, 0.1) is 24.5 Å². The normalized spacial score (nSPS) is 11.4. The Hall–Kier alpha value is -2.10. The Morgan fingerprint density at radius 3 is 2.95 bits per heavy atom. The maximum Gasteiger partial charge on any atom is 0.242 e. The van der Waals surface area contributed by atoms with Crippen molar-refractivity contribution in [2.75, 3.05) is 25.6 Å². The van der Waals surface area contributed by atoms with E-state index in [0.29, 0.717) is 24.8 Å². The van der Waals surface area contributed by atoms with Crippen molar-refractivity contribution < 1.29 is 14.3 Å². The van der Waals surface area contributed by atoms with Crippen LogP contribution < -0.4 is 15.8 Å². The molecule has 6 nitrogen and oxygen atoms in total. The molecule has 0 saturated carbocycles. The number of nitrogens with zero attached hydrogens (tertiary/aromatic N) is 1. The molecule has 6 heteroatoms. The van der Waals surface area contributed by atoms with Crippen LogP contribution in [0.1, 0.15) is 6.42 Å². The van der Waals surface area contributed by atoms with Crippen molar-refractivity contribution in [2.24, 2.45) is 5.73 Å². The number of rotatable bonds is 7. The van der Waals surface area contributed by atoms with E-state index in [0.717, 1.165) is 0 Å². The molecule has 0 fully saturated rings. The van der Waals surface area contributed by atoms with Crippen molar-refractivity contribution in [2.45, 2.75) is 12.5 Å². The van der Waals surface area contributed by atoms with Crippen LogP contribution in [0.5, 0.6) is 5.88 Å². The second kappa shape index (κ2) is 8.08. The maximum atomic E-state index is 11.6. The molecule has 0 saturated heterocycles. The van der Waals surface area contributed by atoms with E-state index in [2.05, 4.69) is 16.2 Å². The van der Waals surface area contributed by atoms with Crippen LogP contribution in [-0.4, -0.2) is 37.3 Å². The van der Waals surface area contributed by atoms with Crippen molar-refractivity contribution in [3.05, 3.63) is 18.3 Å². The number of carbonyl (C=O) groups is 1. The van der Waals surface area contributed by atoms with Gasteiger partial charge in [-0.25, -0.2) is 4.98 Å². The molecule has 1 unspecified atom stereocenters. The van der Waals surface area contributed by atoms with Crippen LogP contribution in [0, 0.1) is 12.3 Å². The molecule has 0 aliphatic carbocycles. The first-order valence-electron chi connectivity index (χ1n) is 5.75. The minimum absolute atomic E-state index is 0.192. The topological polar surface area (TPSA) is 86.5 Å². The highest BCUT2D eigenvalue weighted by atomic mass is 16.5. The second-order valence-electron chi connectivity index (χ2n) is 3.73. The summed E-state index contributed by atoms with van der Waals surface area (Å²) >= 11 is 0. The Morgan fingerprint density at radius 2 is 2.37 bits per heavy atom. The van der Waals surface area contributed by atoms with Gasteiger partial charge in [-0.1, -0.05) is 0 Å². The van der Waals surface area contributed by atoms with Crippen molar-refractivity contribution in [3.63, 3.8) is 0 Å². The van der Waals surface area contributed by atoms with Crippen LogP contribution >= 0.6 is 0 Å². The molecule has 1 rings (SSSR count). The van der Waals surface area contributed by atoms with Crippen LogP contribution in [0.3, 0.4) is 0 Å². The van der Waals surface area contributed by atoms with E-state index in [4.69, 9.17) is 21.6 Å². The van der Waals surface area contributed by atoms with E-state index in [1.807, 2.05) is 0 Å². The standard InChI is InChI=1S/C13H17N3O3/c1-3-4-11(14)13(17)16-10-5-6-12(15-9-10)19-8-7-18-2/h1,5-6,9,11H,4,7-8,14H2,2H3,(H,16,17). The fraction of sp³-hybridized carbons (Fsp3) is 0.385. The number of anilines is 1. The lowest BCUT2D eigenvalue weighted by molar-refractivity contribution is -0.117. The van der Waals surface area contributed by atoms with E-state index >= 15 is 0 Å². The molecule has 0 bridgehead atoms. The Kier molecular flexibility index (Phi) is 6.36. The molecule has 102 valence electrons. The van der Waals surface area contributed by atoms with Gasteiger partial charge in [0, 0.05) is 19.6 Å². The van der Waals surface area contributed by atoms with Gasteiger partial charge in [0.2, 0.25) is 11.8 Å². The number of amides is 1. The third-order valence-corrected chi connectivity index (χ3v) is 2.22. The first-order valence-corrected chi connectivity index (χ1v) is 5.75. The van der Waals surface area contributed by atoms with Crippen LogP contribution in [0.2, 0.25) is 0 Å². The lowest BCUT2D eigenvalue weighted by atomic mass is 10.2. The molecule has 0 aliphatic rings. The number of pyridine rings is 1. The lowest BCUT2D eigenvalue weighted by Crippen LogP contribution is -2.35. The molecule has 0 spiro atoms. The highest BCUT2D eigenvalue weighted by Crippen LogP contribution is 2.11. The number of nitrogens with two attached hydrogens (primary N) is 1. The fourth-order valence-electron chi connectivity index (χ4n) is 1.22. The van der Waals surface area contributed by atoms with Gasteiger partial charge < -0.3 is 20.5 Å². The van der Waals surface area contributed by atoms with Crippen molar-refractivity contribution >= 4 is 11.6 Å². The van der Waals surface area contributed by atoms with Crippen molar-refractivity contribution in [1.29, 1.82) is 0 Å². The zero-order valence-electron chi connectivity index (χ0n) is 10.8. The highest BCUT2D eigenvalue weighted by molar-refractivity contribution is 5.94. The molecular formula is C13H17N3O3. The molecule has 0 aliphatic heterocycles. The highest BCUT2D eigenvalue weighted by Gasteiger charge is 2.12. The lowest BCUT2D eigenvalue weighted by Gasteiger charge is -2.10. The Bertz CT molecular complexity index is 439. The number of hydrogen-bond donors (Lipinski definition) is 2. The zero-order valence-corrected chi connectivity index (χ0v) is 10.8. The van der Waals surface area contributed by atoms with Gasteiger partial charge in [-0.05, 0) is 6.07 Å². The molecular weight excluding hydrogens is 246 g/mol. The third-order valence-electron chi connectivity index (χ3n) is 2.22. The largest absolute Gasteiger partial charge is 0.475 e. The van der Waals surface area contributed by atoms with Crippen molar-refractivity contribution in [1.82, 2.24) is 4.98 Å². The Balaban J connectivity index is 2.48. The molecule has 1 amide bonds. The van der Waals surface area contributed by atoms with Crippen LogP contribution in [0.25, 0.3) is 0 Å². The fourth-order valence-corrected chi connectivity index (χ4v) is 1.22. The predicted octanol–water partition coefficient (Wildman–Crippen LogP) is 0.396. The van der Waals surface area contributed by atoms with Crippen LogP contribution in [0.15, 0.2) is 18.3 Å². The number of aromatic nitrogens is 1. The summed E-state index contributed by atoms with van der Waals surface area (Å²) in [5.41, 5.74) is 6.11. The predicted molar refractivity (Wildman–Crippen MR) is 71.7 cm³/mol. The third kappa shape index (κ3) is 5.38. The van der Waals surface area contributed by atoms with Crippen LogP contribution in [-0.2, 0) is 9.53 Å².